The van der Waals surface area contributed by atoms with Gasteiger partial charge < -0.3 is 14.6 Å². The molecule has 0 aliphatic carbocycles. The van der Waals surface area contributed by atoms with E-state index < -0.39 is 0 Å². The van der Waals surface area contributed by atoms with Gasteiger partial charge in [0.05, 0.1) is 11.8 Å². The number of fused-ring (bicyclic) bond motifs is 3. The molecule has 0 spiro atoms. The molecule has 9 heteroatoms. The SMILES string of the molecule is CCc1nn(CCCC(=O)NCCCN2CCCC2=O)c(=O)c2cc3occc3n12. The standard InChI is InChI=1S/C21H27N5O4/c1-2-18-23-25(21(29)16-14-17-15(26(16)18)8-13-30-17)12-3-6-19(27)22-9-5-11-24-10-4-7-20(24)28/h8,13-14H,2-7,9-12H2,1H3,(H,22,27). The summed E-state index contributed by atoms with van der Waals surface area (Å²) in [5, 5.41) is 7.39. The number of hydrogen-bond acceptors (Lipinski definition) is 5. The van der Waals surface area contributed by atoms with Crippen LogP contribution in [-0.4, -0.2) is 50.5 Å². The highest BCUT2D eigenvalue weighted by Gasteiger charge is 2.19. The summed E-state index contributed by atoms with van der Waals surface area (Å²) in [7, 11) is 0. The fraction of sp³-hybridized carbons (Fsp3) is 0.524. The molecule has 30 heavy (non-hydrogen) atoms. The molecule has 0 atom stereocenters. The number of carbonyl (C=O) groups is 2. The normalized spacial score (nSPS) is 14.3. The number of aryl methyl sites for hydroxylation is 2. The molecule has 3 aromatic heterocycles. The van der Waals surface area contributed by atoms with Crippen LogP contribution >= 0.6 is 0 Å². The van der Waals surface area contributed by atoms with Crippen molar-refractivity contribution in [1.29, 1.82) is 0 Å². The van der Waals surface area contributed by atoms with Crippen molar-refractivity contribution in [2.24, 2.45) is 0 Å². The molecule has 0 radical (unpaired) electrons. The minimum atomic E-state index is -0.186. The van der Waals surface area contributed by atoms with Gasteiger partial charge in [0.2, 0.25) is 11.8 Å². The third-order valence-electron chi connectivity index (χ3n) is 5.56. The Morgan fingerprint density at radius 1 is 1.23 bits per heavy atom. The number of nitrogens with one attached hydrogen (secondary N) is 1. The molecule has 0 unspecified atom stereocenters. The smallest absolute Gasteiger partial charge is 0.291 e. The highest BCUT2D eigenvalue weighted by Crippen LogP contribution is 2.20. The van der Waals surface area contributed by atoms with Gasteiger partial charge in [0, 0.05) is 57.6 Å². The van der Waals surface area contributed by atoms with Gasteiger partial charge >= 0.3 is 0 Å². The average Bonchev–Trinajstić information content (AvgIpc) is 3.43. The van der Waals surface area contributed by atoms with Crippen molar-refractivity contribution >= 4 is 28.4 Å². The molecule has 0 bridgehead atoms. The molecule has 2 amide bonds. The van der Waals surface area contributed by atoms with E-state index >= 15 is 0 Å². The zero-order valence-corrected chi connectivity index (χ0v) is 17.2. The Morgan fingerprint density at radius 3 is 2.87 bits per heavy atom. The van der Waals surface area contributed by atoms with Crippen LogP contribution in [0.2, 0.25) is 0 Å². The van der Waals surface area contributed by atoms with Crippen molar-refractivity contribution in [3.05, 3.63) is 34.6 Å². The fourth-order valence-corrected chi connectivity index (χ4v) is 4.02. The van der Waals surface area contributed by atoms with Crippen molar-refractivity contribution in [2.45, 2.75) is 52.0 Å². The van der Waals surface area contributed by atoms with Crippen molar-refractivity contribution in [3.63, 3.8) is 0 Å². The van der Waals surface area contributed by atoms with E-state index in [2.05, 4.69) is 10.4 Å². The van der Waals surface area contributed by atoms with E-state index in [9.17, 15) is 14.4 Å². The molecule has 4 heterocycles. The number of likely N-dealkylation sites (tertiary alicyclic amines) is 1. The van der Waals surface area contributed by atoms with Crippen LogP contribution in [0.15, 0.2) is 27.6 Å². The molecule has 9 nitrogen and oxygen atoms in total. The number of rotatable bonds is 9. The van der Waals surface area contributed by atoms with Gasteiger partial charge in [-0.2, -0.15) is 5.10 Å². The average molecular weight is 413 g/mol. The summed E-state index contributed by atoms with van der Waals surface area (Å²) in [5.41, 5.74) is 1.86. The van der Waals surface area contributed by atoms with Gasteiger partial charge in [0.25, 0.3) is 5.56 Å². The summed E-state index contributed by atoms with van der Waals surface area (Å²) in [5.74, 6) is 0.938. The summed E-state index contributed by atoms with van der Waals surface area (Å²) < 4.78 is 8.71. The summed E-state index contributed by atoms with van der Waals surface area (Å²) in [6.45, 7) is 4.44. The van der Waals surface area contributed by atoms with Crippen molar-refractivity contribution in [2.75, 3.05) is 19.6 Å². The molecule has 1 N–H and O–H groups in total. The van der Waals surface area contributed by atoms with Gasteiger partial charge in [-0.15, -0.1) is 0 Å². The van der Waals surface area contributed by atoms with Gasteiger partial charge in [-0.3, -0.25) is 18.8 Å². The molecule has 0 saturated carbocycles. The maximum absolute atomic E-state index is 12.8. The number of amides is 2. The van der Waals surface area contributed by atoms with Crippen LogP contribution in [0.25, 0.3) is 16.6 Å². The van der Waals surface area contributed by atoms with E-state index in [1.165, 1.54) is 4.68 Å². The van der Waals surface area contributed by atoms with Crippen LogP contribution in [0.3, 0.4) is 0 Å². The number of furan rings is 1. The van der Waals surface area contributed by atoms with Gasteiger partial charge in [0.1, 0.15) is 11.3 Å². The second-order valence-corrected chi connectivity index (χ2v) is 7.62. The van der Waals surface area contributed by atoms with Crippen LogP contribution in [0, 0.1) is 0 Å². The lowest BCUT2D eigenvalue weighted by molar-refractivity contribution is -0.127. The third-order valence-corrected chi connectivity index (χ3v) is 5.56. The summed E-state index contributed by atoms with van der Waals surface area (Å²) >= 11 is 0. The molecule has 160 valence electrons. The Hall–Kier alpha value is -3.10. The van der Waals surface area contributed by atoms with Gasteiger partial charge in [-0.25, -0.2) is 4.68 Å². The first kappa shape index (κ1) is 20.2. The molecular weight excluding hydrogens is 386 g/mol. The Labute approximate surface area is 173 Å². The molecule has 1 aliphatic heterocycles. The van der Waals surface area contributed by atoms with Crippen molar-refractivity contribution in [1.82, 2.24) is 24.4 Å². The van der Waals surface area contributed by atoms with E-state index in [-0.39, 0.29) is 17.4 Å². The van der Waals surface area contributed by atoms with Crippen molar-refractivity contribution < 1.29 is 14.0 Å². The lowest BCUT2D eigenvalue weighted by Gasteiger charge is -2.15. The van der Waals surface area contributed by atoms with E-state index in [1.807, 2.05) is 22.3 Å². The lowest BCUT2D eigenvalue weighted by atomic mass is 10.3. The number of carbonyl (C=O) groups excluding carboxylic acids is 2. The fourth-order valence-electron chi connectivity index (χ4n) is 4.02. The van der Waals surface area contributed by atoms with Crippen LogP contribution in [0.4, 0.5) is 0 Å². The number of hydrogen-bond donors (Lipinski definition) is 1. The minimum Gasteiger partial charge on any atom is -0.463 e. The zero-order valence-electron chi connectivity index (χ0n) is 17.2. The second-order valence-electron chi connectivity index (χ2n) is 7.62. The molecule has 4 rings (SSSR count). The first-order chi connectivity index (χ1) is 14.6. The van der Waals surface area contributed by atoms with Crippen molar-refractivity contribution in [3.8, 4) is 0 Å². The summed E-state index contributed by atoms with van der Waals surface area (Å²) in [4.78, 5) is 38.3. The third kappa shape index (κ3) is 3.96. The molecule has 3 aromatic rings. The van der Waals surface area contributed by atoms with Crippen LogP contribution in [0.5, 0.6) is 0 Å². The van der Waals surface area contributed by atoms with E-state index in [0.29, 0.717) is 56.4 Å². The lowest BCUT2D eigenvalue weighted by Crippen LogP contribution is -2.31. The molecule has 0 aromatic carbocycles. The molecular formula is C21H27N5O4. The van der Waals surface area contributed by atoms with Crippen LogP contribution in [-0.2, 0) is 22.6 Å². The largest absolute Gasteiger partial charge is 0.463 e. The van der Waals surface area contributed by atoms with E-state index in [1.54, 1.807) is 12.3 Å². The Morgan fingerprint density at radius 2 is 2.10 bits per heavy atom. The molecule has 1 aliphatic rings. The Kier molecular flexibility index (Phi) is 5.87. The van der Waals surface area contributed by atoms with Crippen LogP contribution < -0.4 is 10.9 Å². The predicted octanol–water partition coefficient (Wildman–Crippen LogP) is 1.71. The first-order valence-electron chi connectivity index (χ1n) is 10.6. The highest BCUT2D eigenvalue weighted by molar-refractivity contribution is 5.82. The predicted molar refractivity (Wildman–Crippen MR) is 111 cm³/mol. The van der Waals surface area contributed by atoms with E-state index in [4.69, 9.17) is 4.42 Å². The number of nitrogens with zero attached hydrogens (tertiary/aromatic N) is 4. The first-order valence-corrected chi connectivity index (χ1v) is 10.6. The quantitative estimate of drug-likeness (QED) is 0.538. The second kappa shape index (κ2) is 8.73. The Balaban J connectivity index is 1.30. The zero-order chi connectivity index (χ0) is 21.1. The van der Waals surface area contributed by atoms with Gasteiger partial charge in [-0.05, 0) is 19.3 Å². The van der Waals surface area contributed by atoms with Gasteiger partial charge in [0.15, 0.2) is 5.58 Å². The topological polar surface area (TPSA) is 102 Å². The summed E-state index contributed by atoms with van der Waals surface area (Å²) in [6.07, 6.45) is 5.45. The van der Waals surface area contributed by atoms with E-state index in [0.717, 1.165) is 30.7 Å². The highest BCUT2D eigenvalue weighted by atomic mass is 16.3. The molecule has 1 saturated heterocycles. The Bertz CT molecular complexity index is 1130. The minimum absolute atomic E-state index is 0.0483. The molecule has 1 fully saturated rings. The van der Waals surface area contributed by atoms with Gasteiger partial charge in [-0.1, -0.05) is 6.92 Å². The monoisotopic (exact) mass is 413 g/mol. The van der Waals surface area contributed by atoms with Crippen LogP contribution in [0.1, 0.15) is 44.9 Å². The maximum atomic E-state index is 12.8. The number of aromatic nitrogens is 3. The maximum Gasteiger partial charge on any atom is 0.291 e. The summed E-state index contributed by atoms with van der Waals surface area (Å²) in [6, 6.07) is 3.57.